The second-order valence-corrected chi connectivity index (χ2v) is 5.31. The van der Waals surface area contributed by atoms with Gasteiger partial charge in [0.25, 0.3) is 6.48 Å². The Morgan fingerprint density at radius 3 is 2.14 bits per heavy atom. The summed E-state index contributed by atoms with van der Waals surface area (Å²) in [5.41, 5.74) is 0.381. The molecule has 3 heterocycles. The van der Waals surface area contributed by atoms with E-state index in [1.165, 1.54) is 0 Å². The molecule has 3 aliphatic heterocycles. The Bertz CT molecular complexity index is 528. The first-order valence-electron chi connectivity index (χ1n) is 6.74. The Morgan fingerprint density at radius 2 is 1.52 bits per heavy atom. The summed E-state index contributed by atoms with van der Waals surface area (Å²) in [7, 11) is 0. The SMILES string of the molecule is O=C(OC1[C@@H]2OC3OC(C2O)C(O)[C@@H]1O3)c1ccccc1. The number of hydrogen-bond donors (Lipinski definition) is 2. The molecule has 0 amide bonds. The number of aliphatic hydroxyl groups is 2. The highest BCUT2D eigenvalue weighted by Crippen LogP contribution is 2.41. The summed E-state index contributed by atoms with van der Waals surface area (Å²) in [6.45, 7) is -0.927. The molecule has 7 heteroatoms. The molecule has 1 aliphatic carbocycles. The second kappa shape index (κ2) is 4.75. The van der Waals surface area contributed by atoms with Crippen molar-refractivity contribution >= 4 is 5.97 Å². The van der Waals surface area contributed by atoms with E-state index >= 15 is 0 Å². The van der Waals surface area contributed by atoms with Crippen molar-refractivity contribution in [1.29, 1.82) is 0 Å². The highest BCUT2D eigenvalue weighted by molar-refractivity contribution is 5.89. The van der Waals surface area contributed by atoms with Crippen molar-refractivity contribution in [2.24, 2.45) is 0 Å². The highest BCUT2D eigenvalue weighted by atomic mass is 16.9. The number of rotatable bonds is 2. The first-order chi connectivity index (χ1) is 10.1. The van der Waals surface area contributed by atoms with Gasteiger partial charge in [0.05, 0.1) is 5.56 Å². The summed E-state index contributed by atoms with van der Waals surface area (Å²) in [4.78, 5) is 12.1. The van der Waals surface area contributed by atoms with Gasteiger partial charge in [-0.1, -0.05) is 18.2 Å². The van der Waals surface area contributed by atoms with E-state index in [4.69, 9.17) is 18.9 Å². The van der Waals surface area contributed by atoms with Gasteiger partial charge in [-0.2, -0.15) is 0 Å². The smallest absolute Gasteiger partial charge is 0.338 e. The zero-order valence-electron chi connectivity index (χ0n) is 10.9. The Labute approximate surface area is 120 Å². The van der Waals surface area contributed by atoms with Crippen LogP contribution in [0.1, 0.15) is 10.4 Å². The van der Waals surface area contributed by atoms with Gasteiger partial charge in [-0.25, -0.2) is 4.79 Å². The van der Waals surface area contributed by atoms with Gasteiger partial charge >= 0.3 is 5.97 Å². The molecule has 7 atom stereocenters. The third-order valence-corrected chi connectivity index (χ3v) is 4.05. The van der Waals surface area contributed by atoms with Gasteiger partial charge in [0.15, 0.2) is 6.10 Å². The molecule has 0 aromatic heterocycles. The first kappa shape index (κ1) is 13.2. The molecule has 1 saturated carbocycles. The molecule has 7 nitrogen and oxygen atoms in total. The van der Waals surface area contributed by atoms with E-state index in [2.05, 4.69) is 0 Å². The van der Waals surface area contributed by atoms with Crippen LogP contribution in [0.15, 0.2) is 30.3 Å². The molecule has 0 radical (unpaired) electrons. The summed E-state index contributed by atoms with van der Waals surface area (Å²) in [6, 6.07) is 8.47. The normalized spacial score (nSPS) is 43.8. The molecular formula is C14H14O7. The molecule has 1 aromatic rings. The largest absolute Gasteiger partial charge is 0.453 e. The maximum Gasteiger partial charge on any atom is 0.338 e. The van der Waals surface area contributed by atoms with Crippen LogP contribution in [0.5, 0.6) is 0 Å². The molecule has 112 valence electrons. The predicted molar refractivity (Wildman–Crippen MR) is 66.1 cm³/mol. The Hall–Kier alpha value is -1.51. The van der Waals surface area contributed by atoms with E-state index in [9.17, 15) is 15.0 Å². The first-order valence-corrected chi connectivity index (χ1v) is 6.74. The molecule has 4 aliphatic rings. The van der Waals surface area contributed by atoms with Crippen molar-refractivity contribution in [3.05, 3.63) is 35.9 Å². The molecule has 5 rings (SSSR count). The fraction of sp³-hybridized carbons (Fsp3) is 0.500. The lowest BCUT2D eigenvalue weighted by Gasteiger charge is -2.56. The third-order valence-electron chi connectivity index (χ3n) is 4.05. The molecule has 21 heavy (non-hydrogen) atoms. The van der Waals surface area contributed by atoms with Gasteiger partial charge < -0.3 is 29.2 Å². The molecule has 5 unspecified atom stereocenters. The number of aliphatic hydroxyl groups excluding tert-OH is 2. The number of ether oxygens (including phenoxy) is 4. The van der Waals surface area contributed by atoms with E-state index in [-0.39, 0.29) is 0 Å². The standard InChI is InChI=1S/C14H14O7/c15-7-9-8(16)11-12(10(7)20-14(19-9)21-11)18-13(17)6-4-2-1-3-5-6/h1-5,7-12,14-16H/t7?,8?,9?,10-,11+,12?,14?. The Balaban J connectivity index is 1.56. The Morgan fingerprint density at radius 1 is 0.952 bits per heavy atom. The van der Waals surface area contributed by atoms with Gasteiger partial charge in [-0.05, 0) is 12.1 Å². The average molecular weight is 294 g/mol. The minimum Gasteiger partial charge on any atom is -0.453 e. The number of carbonyl (C=O) groups excluding carboxylic acids is 1. The van der Waals surface area contributed by atoms with Crippen LogP contribution in [0.3, 0.4) is 0 Å². The zero-order chi connectivity index (χ0) is 14.6. The molecule has 4 fully saturated rings. The number of benzene rings is 1. The minimum absolute atomic E-state index is 0.381. The molecule has 2 N–H and O–H groups in total. The highest BCUT2D eigenvalue weighted by Gasteiger charge is 2.62. The fourth-order valence-electron chi connectivity index (χ4n) is 3.01. The van der Waals surface area contributed by atoms with Crippen LogP contribution in [0.25, 0.3) is 0 Å². The van der Waals surface area contributed by atoms with Crippen molar-refractivity contribution in [1.82, 2.24) is 0 Å². The van der Waals surface area contributed by atoms with E-state index in [0.717, 1.165) is 0 Å². The van der Waals surface area contributed by atoms with E-state index < -0.39 is 49.1 Å². The van der Waals surface area contributed by atoms with Crippen molar-refractivity contribution in [2.75, 3.05) is 0 Å². The monoisotopic (exact) mass is 294 g/mol. The van der Waals surface area contributed by atoms with Crippen molar-refractivity contribution in [3.8, 4) is 0 Å². The van der Waals surface area contributed by atoms with Gasteiger partial charge in [-0.3, -0.25) is 0 Å². The molecule has 0 spiro atoms. The van der Waals surface area contributed by atoms with E-state index in [1.807, 2.05) is 0 Å². The van der Waals surface area contributed by atoms with Crippen LogP contribution in [0, 0.1) is 0 Å². The fourth-order valence-corrected chi connectivity index (χ4v) is 3.01. The van der Waals surface area contributed by atoms with Crippen LogP contribution in [-0.2, 0) is 18.9 Å². The second-order valence-electron chi connectivity index (χ2n) is 5.31. The predicted octanol–water partition coefficient (Wildman–Crippen LogP) is -0.586. The maximum absolute atomic E-state index is 12.1. The third kappa shape index (κ3) is 1.97. The maximum atomic E-state index is 12.1. The van der Waals surface area contributed by atoms with Crippen LogP contribution in [-0.4, -0.2) is 59.3 Å². The van der Waals surface area contributed by atoms with Crippen LogP contribution in [0.2, 0.25) is 0 Å². The number of hydrogen-bond acceptors (Lipinski definition) is 7. The van der Waals surface area contributed by atoms with E-state index in [0.29, 0.717) is 5.56 Å². The summed E-state index contributed by atoms with van der Waals surface area (Å²) in [5.74, 6) is -0.555. The van der Waals surface area contributed by atoms with Crippen LogP contribution >= 0.6 is 0 Å². The van der Waals surface area contributed by atoms with E-state index in [1.54, 1.807) is 30.3 Å². The van der Waals surface area contributed by atoms with Gasteiger partial charge in [0.2, 0.25) is 0 Å². The van der Waals surface area contributed by atoms with Crippen molar-refractivity contribution in [3.63, 3.8) is 0 Å². The van der Waals surface area contributed by atoms with Gasteiger partial charge in [0, 0.05) is 0 Å². The summed E-state index contributed by atoms with van der Waals surface area (Å²) >= 11 is 0. The van der Waals surface area contributed by atoms with Crippen LogP contribution in [0.4, 0.5) is 0 Å². The lowest BCUT2D eigenvalue weighted by atomic mass is 9.82. The van der Waals surface area contributed by atoms with Crippen molar-refractivity contribution < 1.29 is 34.0 Å². The number of esters is 1. The minimum atomic E-state index is -1.06. The van der Waals surface area contributed by atoms with Crippen LogP contribution < -0.4 is 0 Å². The lowest BCUT2D eigenvalue weighted by molar-refractivity contribution is -0.480. The molecule has 3 saturated heterocycles. The summed E-state index contributed by atoms with van der Waals surface area (Å²) in [5, 5.41) is 20.2. The summed E-state index contributed by atoms with van der Waals surface area (Å²) < 4.78 is 21.3. The zero-order valence-corrected chi connectivity index (χ0v) is 10.9. The molecule has 1 aromatic carbocycles. The van der Waals surface area contributed by atoms with Gasteiger partial charge in [-0.15, -0.1) is 0 Å². The topological polar surface area (TPSA) is 94.5 Å². The molecular weight excluding hydrogens is 280 g/mol. The lowest BCUT2D eigenvalue weighted by Crippen LogP contribution is -2.75. The Kier molecular flexibility index (Phi) is 2.98. The van der Waals surface area contributed by atoms with Gasteiger partial charge in [0.1, 0.15) is 30.5 Å². The average Bonchev–Trinajstić information content (AvgIpc) is 2.51. The van der Waals surface area contributed by atoms with Crippen molar-refractivity contribution in [2.45, 2.75) is 43.1 Å². The quantitative estimate of drug-likeness (QED) is 0.704. The molecule has 4 bridgehead atoms. The summed E-state index contributed by atoms with van der Waals surface area (Å²) in [6.07, 6.45) is -5.31. The number of carbonyl (C=O) groups is 1.